The van der Waals surface area contributed by atoms with Crippen LogP contribution in [-0.4, -0.2) is 24.4 Å². The van der Waals surface area contributed by atoms with Gasteiger partial charge in [0.25, 0.3) is 5.91 Å². The molecule has 144 valence electrons. The zero-order valence-corrected chi connectivity index (χ0v) is 16.3. The van der Waals surface area contributed by atoms with Crippen molar-refractivity contribution in [2.24, 2.45) is 5.92 Å². The molecule has 27 heavy (non-hydrogen) atoms. The Kier molecular flexibility index (Phi) is 8.56. The van der Waals surface area contributed by atoms with Gasteiger partial charge in [-0.25, -0.2) is 0 Å². The molecule has 2 atom stereocenters. The van der Waals surface area contributed by atoms with Crippen LogP contribution in [0.3, 0.4) is 0 Å². The molecule has 2 aromatic carbocycles. The van der Waals surface area contributed by atoms with Crippen molar-refractivity contribution in [1.29, 1.82) is 0 Å². The van der Waals surface area contributed by atoms with Gasteiger partial charge < -0.3 is 10.6 Å². The van der Waals surface area contributed by atoms with Crippen LogP contribution in [0.2, 0.25) is 0 Å². The zero-order chi connectivity index (χ0) is 19.5. The predicted molar refractivity (Wildman–Crippen MR) is 110 cm³/mol. The van der Waals surface area contributed by atoms with Gasteiger partial charge in [0, 0.05) is 12.1 Å². The third kappa shape index (κ3) is 6.89. The molecule has 2 aromatic rings. The molecule has 2 rings (SSSR count). The van der Waals surface area contributed by atoms with Gasteiger partial charge in [-0.05, 0) is 42.9 Å². The van der Waals surface area contributed by atoms with Gasteiger partial charge in [0.2, 0.25) is 5.91 Å². The van der Waals surface area contributed by atoms with E-state index in [-0.39, 0.29) is 17.7 Å². The smallest absolute Gasteiger partial charge is 0.251 e. The minimum atomic E-state index is -0.517. The Bertz CT molecular complexity index is 701. The fourth-order valence-electron chi connectivity index (χ4n) is 2.94. The first-order valence-corrected chi connectivity index (χ1v) is 9.79. The maximum atomic E-state index is 12.6. The molecule has 0 saturated heterocycles. The SMILES string of the molecule is CC[C@H](C)[C@H](NC(=O)c1ccccc1)C(=O)NCCCCc1ccccc1. The predicted octanol–water partition coefficient (Wildman–Crippen LogP) is 3.97. The van der Waals surface area contributed by atoms with E-state index in [1.54, 1.807) is 12.1 Å². The van der Waals surface area contributed by atoms with Crippen LogP contribution in [0.15, 0.2) is 60.7 Å². The van der Waals surface area contributed by atoms with Crippen LogP contribution in [0.1, 0.15) is 49.0 Å². The van der Waals surface area contributed by atoms with Crippen molar-refractivity contribution in [2.75, 3.05) is 6.54 Å². The van der Waals surface area contributed by atoms with Gasteiger partial charge >= 0.3 is 0 Å². The highest BCUT2D eigenvalue weighted by Gasteiger charge is 2.25. The van der Waals surface area contributed by atoms with Gasteiger partial charge in [-0.3, -0.25) is 9.59 Å². The summed E-state index contributed by atoms with van der Waals surface area (Å²) in [7, 11) is 0. The van der Waals surface area contributed by atoms with E-state index < -0.39 is 6.04 Å². The topological polar surface area (TPSA) is 58.2 Å². The third-order valence-corrected chi connectivity index (χ3v) is 4.85. The first kappa shape index (κ1) is 20.7. The number of carbonyl (C=O) groups is 2. The minimum Gasteiger partial charge on any atom is -0.354 e. The standard InChI is InChI=1S/C23H30N2O2/c1-3-18(2)21(25-22(26)20-15-8-5-9-16-20)23(27)24-17-11-10-14-19-12-6-4-7-13-19/h4-9,12-13,15-16,18,21H,3,10-11,14,17H2,1-2H3,(H,24,27)(H,25,26)/t18-,21-/m0/s1. The van der Waals surface area contributed by atoms with Gasteiger partial charge in [-0.15, -0.1) is 0 Å². The highest BCUT2D eigenvalue weighted by molar-refractivity contribution is 5.97. The lowest BCUT2D eigenvalue weighted by Crippen LogP contribution is -2.50. The molecule has 0 heterocycles. The van der Waals surface area contributed by atoms with Crippen molar-refractivity contribution < 1.29 is 9.59 Å². The lowest BCUT2D eigenvalue weighted by atomic mass is 9.97. The molecule has 0 aliphatic carbocycles. The number of amides is 2. The van der Waals surface area contributed by atoms with Gasteiger partial charge in [-0.2, -0.15) is 0 Å². The second kappa shape index (κ2) is 11.2. The summed E-state index contributed by atoms with van der Waals surface area (Å²) in [6.45, 7) is 4.64. The minimum absolute atomic E-state index is 0.0713. The molecule has 0 aromatic heterocycles. The quantitative estimate of drug-likeness (QED) is 0.625. The van der Waals surface area contributed by atoms with Crippen molar-refractivity contribution >= 4 is 11.8 Å². The van der Waals surface area contributed by atoms with E-state index in [0.29, 0.717) is 12.1 Å². The van der Waals surface area contributed by atoms with Gasteiger partial charge in [0.15, 0.2) is 0 Å². The number of hydrogen-bond acceptors (Lipinski definition) is 2. The summed E-state index contributed by atoms with van der Waals surface area (Å²) in [5, 5.41) is 5.89. The number of nitrogens with one attached hydrogen (secondary N) is 2. The summed E-state index contributed by atoms with van der Waals surface area (Å²) in [5.41, 5.74) is 1.89. The van der Waals surface area contributed by atoms with Gasteiger partial charge in [0.05, 0.1) is 0 Å². The molecule has 0 unspecified atom stereocenters. The molecular weight excluding hydrogens is 336 g/mol. The summed E-state index contributed by atoms with van der Waals surface area (Å²) in [6.07, 6.45) is 3.77. The van der Waals surface area contributed by atoms with Gasteiger partial charge in [-0.1, -0.05) is 68.8 Å². The van der Waals surface area contributed by atoms with E-state index >= 15 is 0 Å². The third-order valence-electron chi connectivity index (χ3n) is 4.85. The van der Waals surface area contributed by atoms with E-state index in [4.69, 9.17) is 0 Å². The molecule has 4 nitrogen and oxygen atoms in total. The Morgan fingerprint density at radius 2 is 1.56 bits per heavy atom. The second-order valence-electron chi connectivity index (χ2n) is 6.94. The molecule has 2 N–H and O–H groups in total. The number of carbonyl (C=O) groups excluding carboxylic acids is 2. The number of benzene rings is 2. The van der Waals surface area contributed by atoms with E-state index in [9.17, 15) is 9.59 Å². The van der Waals surface area contributed by atoms with Crippen molar-refractivity contribution in [3.8, 4) is 0 Å². The average Bonchev–Trinajstić information content (AvgIpc) is 2.72. The average molecular weight is 367 g/mol. The molecule has 0 aliphatic rings. The first-order chi connectivity index (χ1) is 13.1. The summed E-state index contributed by atoms with van der Waals surface area (Å²) in [4.78, 5) is 25.0. The normalized spacial score (nSPS) is 12.8. The maximum absolute atomic E-state index is 12.6. The van der Waals surface area contributed by atoms with Crippen LogP contribution in [0.4, 0.5) is 0 Å². The van der Waals surface area contributed by atoms with Crippen molar-refractivity contribution in [2.45, 2.75) is 45.6 Å². The lowest BCUT2D eigenvalue weighted by molar-refractivity contribution is -0.124. The Labute approximate surface area is 162 Å². The van der Waals surface area contributed by atoms with E-state index in [0.717, 1.165) is 25.7 Å². The van der Waals surface area contributed by atoms with E-state index in [1.807, 2.05) is 50.2 Å². The Hall–Kier alpha value is -2.62. The first-order valence-electron chi connectivity index (χ1n) is 9.79. The van der Waals surface area contributed by atoms with Crippen LogP contribution < -0.4 is 10.6 Å². The number of hydrogen-bond donors (Lipinski definition) is 2. The molecule has 0 fully saturated rings. The van der Waals surface area contributed by atoms with E-state index in [1.165, 1.54) is 5.56 Å². The highest BCUT2D eigenvalue weighted by atomic mass is 16.2. The maximum Gasteiger partial charge on any atom is 0.251 e. The summed E-state index contributed by atoms with van der Waals surface area (Å²) >= 11 is 0. The van der Waals surface area contributed by atoms with Crippen molar-refractivity contribution in [1.82, 2.24) is 10.6 Å². The van der Waals surface area contributed by atoms with Crippen LogP contribution in [0, 0.1) is 5.92 Å². The Morgan fingerprint density at radius 1 is 0.926 bits per heavy atom. The monoisotopic (exact) mass is 366 g/mol. The molecule has 0 spiro atoms. The molecule has 0 aliphatic heterocycles. The van der Waals surface area contributed by atoms with Crippen LogP contribution in [0.25, 0.3) is 0 Å². The van der Waals surface area contributed by atoms with Crippen molar-refractivity contribution in [3.05, 3.63) is 71.8 Å². The number of unbranched alkanes of at least 4 members (excludes halogenated alkanes) is 1. The summed E-state index contributed by atoms with van der Waals surface area (Å²) in [6, 6.07) is 18.8. The van der Waals surface area contributed by atoms with Crippen LogP contribution >= 0.6 is 0 Å². The Balaban J connectivity index is 1.80. The Morgan fingerprint density at radius 3 is 2.19 bits per heavy atom. The number of rotatable bonds is 10. The van der Waals surface area contributed by atoms with Gasteiger partial charge in [0.1, 0.15) is 6.04 Å². The second-order valence-corrected chi connectivity index (χ2v) is 6.94. The zero-order valence-electron chi connectivity index (χ0n) is 16.3. The highest BCUT2D eigenvalue weighted by Crippen LogP contribution is 2.10. The molecule has 0 radical (unpaired) electrons. The summed E-state index contributed by atoms with van der Waals surface area (Å²) in [5.74, 6) is -0.240. The molecule has 2 amide bonds. The molecule has 0 bridgehead atoms. The fourth-order valence-corrected chi connectivity index (χ4v) is 2.94. The van der Waals surface area contributed by atoms with E-state index in [2.05, 4.69) is 22.8 Å². The molecule has 0 saturated carbocycles. The molecular formula is C23H30N2O2. The number of aryl methyl sites for hydroxylation is 1. The van der Waals surface area contributed by atoms with Crippen LogP contribution in [-0.2, 0) is 11.2 Å². The fraction of sp³-hybridized carbons (Fsp3) is 0.391. The van der Waals surface area contributed by atoms with Crippen molar-refractivity contribution in [3.63, 3.8) is 0 Å². The van der Waals surface area contributed by atoms with Crippen LogP contribution in [0.5, 0.6) is 0 Å². The largest absolute Gasteiger partial charge is 0.354 e. The molecule has 4 heteroatoms. The lowest BCUT2D eigenvalue weighted by Gasteiger charge is -2.23. The summed E-state index contributed by atoms with van der Waals surface area (Å²) < 4.78 is 0.